The summed E-state index contributed by atoms with van der Waals surface area (Å²) in [5.41, 5.74) is 6.48. The van der Waals surface area contributed by atoms with Crippen LogP contribution in [-0.4, -0.2) is 24.2 Å². The van der Waals surface area contributed by atoms with Gasteiger partial charge in [0.15, 0.2) is 5.69 Å². The van der Waals surface area contributed by atoms with Gasteiger partial charge in [0.25, 0.3) is 5.91 Å². The van der Waals surface area contributed by atoms with Crippen molar-refractivity contribution in [2.45, 2.75) is 23.7 Å². The summed E-state index contributed by atoms with van der Waals surface area (Å²) in [6, 6.07) is 9.32. The number of nitrogens with one attached hydrogen (secondary N) is 2. The van der Waals surface area contributed by atoms with Gasteiger partial charge in [-0.15, -0.1) is 0 Å². The largest absolute Gasteiger partial charge is 0.360 e. The van der Waals surface area contributed by atoms with Gasteiger partial charge in [0.1, 0.15) is 5.76 Å². The van der Waals surface area contributed by atoms with Gasteiger partial charge in [-0.2, -0.15) is 0 Å². The quantitative estimate of drug-likeness (QED) is 0.536. The number of hydrogen-bond acceptors (Lipinski definition) is 6. The highest BCUT2D eigenvalue weighted by molar-refractivity contribution is 7.97. The molecule has 0 bridgehead atoms. The van der Waals surface area contributed by atoms with Gasteiger partial charge in [-0.3, -0.25) is 9.52 Å². The van der Waals surface area contributed by atoms with Crippen LogP contribution in [0.3, 0.4) is 0 Å². The fourth-order valence-electron chi connectivity index (χ4n) is 1.98. The van der Waals surface area contributed by atoms with Gasteiger partial charge in [0.2, 0.25) is 0 Å². The Kier molecular flexibility index (Phi) is 4.77. The van der Waals surface area contributed by atoms with E-state index in [2.05, 4.69) is 15.2 Å². The first-order chi connectivity index (χ1) is 10.8. The van der Waals surface area contributed by atoms with Crippen LogP contribution in [0.5, 0.6) is 0 Å². The molecule has 1 aliphatic rings. The Hall–Kier alpha value is -1.83. The Morgan fingerprint density at radius 1 is 1.41 bits per heavy atom. The summed E-state index contributed by atoms with van der Waals surface area (Å²) >= 11 is 1.48. The number of anilines is 1. The van der Waals surface area contributed by atoms with Crippen LogP contribution in [-0.2, 0) is 0 Å². The maximum absolute atomic E-state index is 12.2. The fraction of sp³-hybridized carbons (Fsp3) is 0.333. The number of aromatic nitrogens is 1. The molecule has 0 atom stereocenters. The third-order valence-corrected chi connectivity index (χ3v) is 4.11. The molecule has 6 nitrogen and oxygen atoms in total. The van der Waals surface area contributed by atoms with Crippen molar-refractivity contribution < 1.29 is 9.32 Å². The van der Waals surface area contributed by atoms with Crippen LogP contribution < -0.4 is 15.8 Å². The minimum Gasteiger partial charge on any atom is -0.360 e. The smallest absolute Gasteiger partial charge is 0.277 e. The zero-order chi connectivity index (χ0) is 15.4. The van der Waals surface area contributed by atoms with Gasteiger partial charge in [-0.1, -0.05) is 11.2 Å². The van der Waals surface area contributed by atoms with Gasteiger partial charge in [0.05, 0.1) is 0 Å². The normalized spacial score (nSPS) is 14.0. The van der Waals surface area contributed by atoms with E-state index in [1.807, 2.05) is 24.3 Å². The lowest BCUT2D eigenvalue weighted by Crippen LogP contribution is -2.16. The third-order valence-electron chi connectivity index (χ3n) is 3.27. The Morgan fingerprint density at radius 2 is 2.27 bits per heavy atom. The van der Waals surface area contributed by atoms with Crippen LogP contribution in [0.15, 0.2) is 39.8 Å². The molecule has 3 rings (SSSR count). The molecule has 0 unspecified atom stereocenters. The van der Waals surface area contributed by atoms with Crippen molar-refractivity contribution in [3.63, 3.8) is 0 Å². The van der Waals surface area contributed by atoms with Crippen LogP contribution in [0.4, 0.5) is 5.69 Å². The van der Waals surface area contributed by atoms with Gasteiger partial charge in [0, 0.05) is 35.7 Å². The molecule has 1 aromatic heterocycles. The highest BCUT2D eigenvalue weighted by atomic mass is 32.2. The molecule has 1 amide bonds. The summed E-state index contributed by atoms with van der Waals surface area (Å²) in [5, 5.41) is 6.67. The number of hydrogen-bond donors (Lipinski definition) is 3. The lowest BCUT2D eigenvalue weighted by atomic mass is 10.2. The number of nitrogens with zero attached hydrogens (tertiary/aromatic N) is 1. The molecule has 0 radical (unpaired) electrons. The Morgan fingerprint density at radius 3 is 3.05 bits per heavy atom. The Bertz CT molecular complexity index is 654. The topological polar surface area (TPSA) is 93.2 Å². The van der Waals surface area contributed by atoms with E-state index >= 15 is 0 Å². The van der Waals surface area contributed by atoms with Crippen molar-refractivity contribution in [2.75, 3.05) is 18.4 Å². The summed E-state index contributed by atoms with van der Waals surface area (Å²) in [4.78, 5) is 13.2. The van der Waals surface area contributed by atoms with Crippen LogP contribution in [0.2, 0.25) is 0 Å². The molecule has 1 saturated carbocycles. The van der Waals surface area contributed by atoms with Gasteiger partial charge in [-0.05, 0) is 43.0 Å². The minimum atomic E-state index is -0.257. The van der Waals surface area contributed by atoms with Crippen LogP contribution >= 0.6 is 11.9 Å². The monoisotopic (exact) mass is 318 g/mol. The summed E-state index contributed by atoms with van der Waals surface area (Å²) in [6.07, 6.45) is 2.23. The minimum absolute atomic E-state index is 0.257. The number of amides is 1. The molecule has 0 spiro atoms. The van der Waals surface area contributed by atoms with E-state index in [-0.39, 0.29) is 5.91 Å². The maximum Gasteiger partial charge on any atom is 0.277 e. The highest BCUT2D eigenvalue weighted by Gasteiger charge is 2.28. The number of nitrogens with two attached hydrogens (primary N) is 1. The summed E-state index contributed by atoms with van der Waals surface area (Å²) in [7, 11) is 0. The molecular weight excluding hydrogens is 300 g/mol. The summed E-state index contributed by atoms with van der Waals surface area (Å²) in [5.74, 6) is 0.996. The van der Waals surface area contributed by atoms with Crippen molar-refractivity contribution in [2.24, 2.45) is 5.73 Å². The molecule has 0 aliphatic heterocycles. The maximum atomic E-state index is 12.2. The molecule has 1 aromatic carbocycles. The average molecular weight is 318 g/mol. The highest BCUT2D eigenvalue weighted by Crippen LogP contribution is 2.40. The number of carbonyl (C=O) groups is 1. The molecule has 4 N–H and O–H groups in total. The second-order valence-corrected chi connectivity index (χ2v) is 6.12. The first-order valence-corrected chi connectivity index (χ1v) is 8.05. The van der Waals surface area contributed by atoms with Crippen molar-refractivity contribution in [1.82, 2.24) is 9.88 Å². The lowest BCUT2D eigenvalue weighted by molar-refractivity contribution is 0.101. The lowest BCUT2D eigenvalue weighted by Gasteiger charge is -2.06. The molecule has 1 aliphatic carbocycles. The molecule has 22 heavy (non-hydrogen) atoms. The third kappa shape index (κ3) is 3.88. The zero-order valence-corrected chi connectivity index (χ0v) is 12.9. The predicted molar refractivity (Wildman–Crippen MR) is 85.8 cm³/mol. The summed E-state index contributed by atoms with van der Waals surface area (Å²) < 4.78 is 8.34. The molecule has 116 valence electrons. The van der Waals surface area contributed by atoms with Crippen LogP contribution in [0, 0.1) is 0 Å². The first kappa shape index (κ1) is 15.1. The standard InChI is InChI=1S/C15H18N4O2S/c16-6-7-17-22-12-3-1-2-11(8-12)18-15(20)13-9-14(21-19-13)10-4-5-10/h1-3,8-10,17H,4-7,16H2,(H,18,20). The van der Waals surface area contributed by atoms with Gasteiger partial charge in [-0.25, -0.2) is 0 Å². The molecule has 1 fully saturated rings. The summed E-state index contributed by atoms with van der Waals surface area (Å²) in [6.45, 7) is 1.31. The van der Waals surface area contributed by atoms with Crippen molar-refractivity contribution in [3.05, 3.63) is 41.8 Å². The molecule has 2 aromatic rings. The number of rotatable bonds is 7. The fourth-order valence-corrected chi connectivity index (χ4v) is 2.70. The second kappa shape index (κ2) is 6.95. The van der Waals surface area contributed by atoms with E-state index in [1.54, 1.807) is 6.07 Å². The van der Waals surface area contributed by atoms with Crippen LogP contribution in [0.25, 0.3) is 0 Å². The van der Waals surface area contributed by atoms with Crippen molar-refractivity contribution in [1.29, 1.82) is 0 Å². The molecule has 7 heteroatoms. The van der Waals surface area contributed by atoms with Gasteiger partial charge < -0.3 is 15.6 Å². The zero-order valence-electron chi connectivity index (χ0n) is 12.0. The average Bonchev–Trinajstić information content (AvgIpc) is 3.25. The number of carbonyl (C=O) groups excluding carboxylic acids is 1. The predicted octanol–water partition coefficient (Wildman–Crippen LogP) is 2.36. The Balaban J connectivity index is 1.61. The first-order valence-electron chi connectivity index (χ1n) is 7.24. The van der Waals surface area contributed by atoms with E-state index in [9.17, 15) is 4.79 Å². The van der Waals surface area contributed by atoms with Crippen molar-refractivity contribution in [3.8, 4) is 0 Å². The SMILES string of the molecule is NCCNSc1cccc(NC(=O)c2cc(C3CC3)on2)c1. The van der Waals surface area contributed by atoms with E-state index in [4.69, 9.17) is 10.3 Å². The Labute approximate surface area is 132 Å². The second-order valence-electron chi connectivity index (χ2n) is 5.16. The van der Waals surface area contributed by atoms with Crippen molar-refractivity contribution >= 4 is 23.5 Å². The van der Waals surface area contributed by atoms with E-state index < -0.39 is 0 Å². The van der Waals surface area contributed by atoms with Gasteiger partial charge >= 0.3 is 0 Å². The molecule has 1 heterocycles. The van der Waals surface area contributed by atoms with Crippen LogP contribution in [0.1, 0.15) is 35.0 Å². The molecular formula is C15H18N4O2S. The van der Waals surface area contributed by atoms with E-state index in [1.165, 1.54) is 11.9 Å². The van der Waals surface area contributed by atoms with E-state index in [0.717, 1.165) is 35.7 Å². The molecule has 0 saturated heterocycles. The number of benzene rings is 1. The van der Waals surface area contributed by atoms with E-state index in [0.29, 0.717) is 18.2 Å².